The topological polar surface area (TPSA) is 78.8 Å². The predicted octanol–water partition coefficient (Wildman–Crippen LogP) is 10.0. The van der Waals surface area contributed by atoms with Gasteiger partial charge in [0.05, 0.1) is 26.8 Å². The zero-order valence-corrected chi connectivity index (χ0v) is 29.5. The van der Waals surface area contributed by atoms with E-state index in [9.17, 15) is 9.59 Å². The number of halogens is 2. The van der Waals surface area contributed by atoms with Crippen LogP contribution in [-0.2, 0) is 26.8 Å². The van der Waals surface area contributed by atoms with Gasteiger partial charge in [-0.25, -0.2) is 0 Å². The summed E-state index contributed by atoms with van der Waals surface area (Å²) in [6.07, 6.45) is 2.93. The predicted molar refractivity (Wildman–Crippen MR) is 181 cm³/mol. The van der Waals surface area contributed by atoms with Crippen molar-refractivity contribution >= 4 is 37.7 Å². The third-order valence-corrected chi connectivity index (χ3v) is 7.28. The quantitative estimate of drug-likeness (QED) is 0.233. The second kappa shape index (κ2) is 18.5. The lowest BCUT2D eigenvalue weighted by Gasteiger charge is -2.30. The maximum atomic E-state index is 12.8. The van der Waals surface area contributed by atoms with Crippen LogP contribution >= 0.6 is 31.8 Å². The highest BCUT2D eigenvalue weighted by molar-refractivity contribution is 7.41. The van der Waals surface area contributed by atoms with Crippen molar-refractivity contribution in [3.8, 4) is 11.1 Å². The van der Waals surface area contributed by atoms with Gasteiger partial charge in [-0.05, 0) is 76.4 Å². The Hall–Kier alpha value is -2.25. The summed E-state index contributed by atoms with van der Waals surface area (Å²) in [5, 5.41) is 3.42. The minimum absolute atomic E-state index is 0.00502. The molecule has 43 heavy (non-hydrogen) atoms. The second-order valence-electron chi connectivity index (χ2n) is 11.3. The molecular weight excluding hydrogens is 606 g/mol. The molecule has 7 nitrogen and oxygen atoms in total. The van der Waals surface area contributed by atoms with Crippen molar-refractivity contribution in [2.75, 3.05) is 0 Å². The Morgan fingerprint density at radius 1 is 0.860 bits per heavy atom. The van der Waals surface area contributed by atoms with Gasteiger partial charge in [-0.2, -0.15) is 0 Å². The normalized spacial score (nSPS) is 11.3. The Balaban J connectivity index is 0.00000174. The molecule has 1 amide bonds. The van der Waals surface area contributed by atoms with Crippen LogP contribution in [0.1, 0.15) is 91.6 Å². The third kappa shape index (κ3) is 14.4. The minimum Gasteiger partial charge on any atom is -0.348 e. The van der Waals surface area contributed by atoms with Crippen LogP contribution in [0.2, 0.25) is 10.0 Å². The first kappa shape index (κ1) is 38.8. The molecular formula is C33H47Cl2N2O5P. The van der Waals surface area contributed by atoms with E-state index >= 15 is 0 Å². The van der Waals surface area contributed by atoms with Gasteiger partial charge in [0, 0.05) is 18.8 Å². The fourth-order valence-electron chi connectivity index (χ4n) is 3.22. The van der Waals surface area contributed by atoms with Crippen LogP contribution in [0.4, 0.5) is 0 Å². The molecule has 0 saturated carbocycles. The molecule has 0 unspecified atom stereocenters. The lowest BCUT2D eigenvalue weighted by atomic mass is 10.0. The summed E-state index contributed by atoms with van der Waals surface area (Å²) in [5.74, 6) is -0.347. The molecule has 1 aromatic heterocycles. The van der Waals surface area contributed by atoms with E-state index in [4.69, 9.17) is 36.8 Å². The monoisotopic (exact) mass is 652 g/mol. The minimum atomic E-state index is -1.66. The van der Waals surface area contributed by atoms with Crippen molar-refractivity contribution in [1.82, 2.24) is 9.88 Å². The van der Waals surface area contributed by atoms with Crippen molar-refractivity contribution in [3.05, 3.63) is 92.3 Å². The molecule has 3 aromatic rings. The second-order valence-corrected chi connectivity index (χ2v) is 13.2. The molecule has 0 aliphatic rings. The van der Waals surface area contributed by atoms with E-state index in [1.807, 2.05) is 85.7 Å². The maximum Gasteiger partial charge on any atom is 0.335 e. The fraction of sp³-hybridized carbons (Fsp3) is 0.455. The van der Waals surface area contributed by atoms with E-state index in [0.717, 1.165) is 16.7 Å². The van der Waals surface area contributed by atoms with Crippen LogP contribution in [0.25, 0.3) is 11.1 Å². The van der Waals surface area contributed by atoms with Gasteiger partial charge in [0.2, 0.25) is 0 Å². The van der Waals surface area contributed by atoms with Crippen LogP contribution in [-0.4, -0.2) is 21.7 Å². The van der Waals surface area contributed by atoms with E-state index in [1.165, 1.54) is 11.0 Å². The largest absolute Gasteiger partial charge is 0.348 e. The zero-order valence-electron chi connectivity index (χ0n) is 27.1. The van der Waals surface area contributed by atoms with Gasteiger partial charge in [0.15, 0.2) is 0 Å². The molecule has 0 saturated heterocycles. The Morgan fingerprint density at radius 3 is 1.84 bits per heavy atom. The van der Waals surface area contributed by atoms with E-state index in [1.54, 1.807) is 30.5 Å². The molecule has 1 heterocycles. The van der Waals surface area contributed by atoms with Crippen molar-refractivity contribution in [2.45, 2.75) is 100 Å². The number of nitrogens with one attached hydrogen (secondary N) is 1. The molecule has 10 heteroatoms. The summed E-state index contributed by atoms with van der Waals surface area (Å²) in [7, 11) is -1.66. The average molecular weight is 654 g/mol. The van der Waals surface area contributed by atoms with Crippen molar-refractivity contribution < 1.29 is 18.4 Å². The van der Waals surface area contributed by atoms with E-state index in [-0.39, 0.29) is 23.8 Å². The van der Waals surface area contributed by atoms with Gasteiger partial charge in [-0.15, -0.1) is 0 Å². The Bertz CT molecular complexity index is 1300. The number of hydrogen-bond donors (Lipinski definition) is 1. The first-order valence-electron chi connectivity index (χ1n) is 14.5. The van der Waals surface area contributed by atoms with Gasteiger partial charge < -0.3 is 14.4 Å². The number of hydrogen-bond acceptors (Lipinski definition) is 5. The number of pyridine rings is 1. The molecule has 238 valence electrons. The summed E-state index contributed by atoms with van der Waals surface area (Å²) in [4.78, 5) is 25.3. The SMILES string of the molecule is CC.CC(C)(C)OP(OCn1ccc(-c2ccc(CNC(=O)c3c(Cl)cccc3Cl)cc2)cc1=O)OC(C)(C)C.CCC. The van der Waals surface area contributed by atoms with E-state index < -0.39 is 19.8 Å². The average Bonchev–Trinajstić information content (AvgIpc) is 2.91. The van der Waals surface area contributed by atoms with E-state index in [0.29, 0.717) is 16.6 Å². The first-order valence-corrected chi connectivity index (χ1v) is 16.3. The van der Waals surface area contributed by atoms with Crippen molar-refractivity contribution in [3.63, 3.8) is 0 Å². The lowest BCUT2D eigenvalue weighted by Crippen LogP contribution is -2.24. The number of aromatic nitrogens is 1. The molecule has 0 aliphatic heterocycles. The van der Waals surface area contributed by atoms with Crippen LogP contribution in [0.5, 0.6) is 0 Å². The molecule has 1 N–H and O–H groups in total. The molecule has 0 atom stereocenters. The summed E-state index contributed by atoms with van der Waals surface area (Å²) in [5.41, 5.74) is 1.65. The number of carbonyl (C=O) groups excluding carboxylic acids is 1. The van der Waals surface area contributed by atoms with Crippen LogP contribution in [0.15, 0.2) is 65.6 Å². The molecule has 0 bridgehead atoms. The van der Waals surface area contributed by atoms with Gasteiger partial charge in [-0.3, -0.25) is 18.7 Å². The molecule has 0 aliphatic carbocycles. The molecule has 3 rings (SSSR count). The zero-order chi connectivity index (χ0) is 32.8. The van der Waals surface area contributed by atoms with Crippen LogP contribution in [0, 0.1) is 0 Å². The highest BCUT2D eigenvalue weighted by atomic mass is 35.5. The number of amides is 1. The lowest BCUT2D eigenvalue weighted by molar-refractivity contribution is 0.0231. The smallest absolute Gasteiger partial charge is 0.335 e. The Kier molecular flexibility index (Phi) is 16.7. The standard InChI is InChI=1S/C28H33Cl2N2O5P.C3H8.C2H6/c1-27(2,3)36-38(37-28(4,5)6)35-18-32-15-14-21(16-24(32)33)20-12-10-19(11-13-20)17-31-26(34)25-22(29)8-7-9-23(25)30;1-3-2;1-2/h7-16H,17-18H2,1-6H3,(H,31,34);3H2,1-2H3;1-2H3. The maximum absolute atomic E-state index is 12.8. The number of benzene rings is 2. The summed E-state index contributed by atoms with van der Waals surface area (Å²) in [6, 6.07) is 15.9. The van der Waals surface area contributed by atoms with E-state index in [2.05, 4.69) is 19.2 Å². The highest BCUT2D eigenvalue weighted by Crippen LogP contribution is 2.47. The summed E-state index contributed by atoms with van der Waals surface area (Å²) < 4.78 is 19.1. The van der Waals surface area contributed by atoms with Crippen LogP contribution < -0.4 is 10.9 Å². The summed E-state index contributed by atoms with van der Waals surface area (Å²) >= 11 is 12.2. The molecule has 0 fully saturated rings. The highest BCUT2D eigenvalue weighted by Gasteiger charge is 2.27. The van der Waals surface area contributed by atoms with Gasteiger partial charge in [0.25, 0.3) is 11.5 Å². The molecule has 0 radical (unpaired) electrons. The van der Waals surface area contributed by atoms with Crippen LogP contribution in [0.3, 0.4) is 0 Å². The fourth-order valence-corrected chi connectivity index (χ4v) is 5.05. The van der Waals surface area contributed by atoms with Crippen molar-refractivity contribution in [1.29, 1.82) is 0 Å². The van der Waals surface area contributed by atoms with Gasteiger partial charge in [-0.1, -0.05) is 87.6 Å². The number of rotatable bonds is 9. The van der Waals surface area contributed by atoms with Gasteiger partial charge in [0.1, 0.15) is 6.73 Å². The van der Waals surface area contributed by atoms with Gasteiger partial charge >= 0.3 is 8.60 Å². The third-order valence-electron chi connectivity index (χ3n) is 4.93. The number of nitrogens with zero attached hydrogens (tertiary/aromatic N) is 1. The Labute approximate surface area is 268 Å². The molecule has 2 aromatic carbocycles. The Morgan fingerprint density at radius 2 is 1.37 bits per heavy atom. The first-order chi connectivity index (χ1) is 20.1. The van der Waals surface area contributed by atoms with Crippen molar-refractivity contribution in [2.24, 2.45) is 0 Å². The number of carbonyl (C=O) groups is 1. The molecule has 0 spiro atoms. The summed E-state index contributed by atoms with van der Waals surface area (Å²) in [6.45, 7) is 20.1.